The number of benzene rings is 1. The van der Waals surface area contributed by atoms with Crippen LogP contribution in [0.3, 0.4) is 0 Å². The lowest BCUT2D eigenvalue weighted by atomic mass is 10.0. The van der Waals surface area contributed by atoms with Crippen molar-refractivity contribution < 1.29 is 9.53 Å². The highest BCUT2D eigenvalue weighted by molar-refractivity contribution is 9.10. The van der Waals surface area contributed by atoms with E-state index in [-0.39, 0.29) is 10.6 Å². The summed E-state index contributed by atoms with van der Waals surface area (Å²) in [5.74, 6) is 0.496. The first kappa shape index (κ1) is 12.7. The van der Waals surface area contributed by atoms with Gasteiger partial charge in [-0.15, -0.1) is 0 Å². The largest absolute Gasteiger partial charge is 0.494 e. The Morgan fingerprint density at radius 2 is 2.31 bits per heavy atom. The number of alkyl halides is 1. The van der Waals surface area contributed by atoms with Gasteiger partial charge >= 0.3 is 0 Å². The molecule has 0 bridgehead atoms. The number of nitriles is 1. The molecule has 1 unspecified atom stereocenters. The Bertz CT molecular complexity index is 435. The van der Waals surface area contributed by atoms with Crippen molar-refractivity contribution in [3.05, 3.63) is 29.3 Å². The number of nitrogens with zero attached hydrogens (tertiary/aromatic N) is 1. The lowest BCUT2D eigenvalue weighted by Crippen LogP contribution is -2.12. The zero-order chi connectivity index (χ0) is 12.1. The van der Waals surface area contributed by atoms with Crippen LogP contribution in [-0.2, 0) is 0 Å². The molecule has 1 aromatic carbocycles. The van der Waals surface area contributed by atoms with Crippen molar-refractivity contribution in [2.24, 2.45) is 0 Å². The van der Waals surface area contributed by atoms with Gasteiger partial charge in [-0.25, -0.2) is 0 Å². The molecule has 1 rings (SSSR count). The molecule has 0 aliphatic rings. The first-order chi connectivity index (χ1) is 7.60. The molecule has 0 saturated carbocycles. The molecular formula is C12H12BrNO2. The number of hydrogen-bond donors (Lipinski definition) is 0. The maximum absolute atomic E-state index is 11.8. The predicted octanol–water partition coefficient (Wildman–Crippen LogP) is 2.92. The minimum atomic E-state index is -0.309. The Labute approximate surface area is 103 Å². The van der Waals surface area contributed by atoms with Crippen LogP contribution in [0.5, 0.6) is 5.75 Å². The molecule has 0 aromatic heterocycles. The molecule has 0 fully saturated rings. The van der Waals surface area contributed by atoms with E-state index in [1.54, 1.807) is 25.1 Å². The molecule has 16 heavy (non-hydrogen) atoms. The molecule has 0 radical (unpaired) electrons. The van der Waals surface area contributed by atoms with Crippen LogP contribution in [-0.4, -0.2) is 17.2 Å². The second kappa shape index (κ2) is 5.66. The van der Waals surface area contributed by atoms with Crippen molar-refractivity contribution in [3.63, 3.8) is 0 Å². The molecule has 1 aromatic rings. The summed E-state index contributed by atoms with van der Waals surface area (Å²) in [6.45, 7) is 4.13. The maximum atomic E-state index is 11.8. The number of carbonyl (C=O) groups excluding carboxylic acids is 1. The number of Topliss-reactive ketones (excluding diaryl/α,β-unsaturated/α-hetero) is 1. The number of hydrogen-bond acceptors (Lipinski definition) is 3. The van der Waals surface area contributed by atoms with Crippen LogP contribution in [0.15, 0.2) is 18.2 Å². The van der Waals surface area contributed by atoms with Gasteiger partial charge in [-0.2, -0.15) is 5.26 Å². The summed E-state index contributed by atoms with van der Waals surface area (Å²) >= 11 is 3.20. The van der Waals surface area contributed by atoms with Crippen LogP contribution in [0.4, 0.5) is 0 Å². The van der Waals surface area contributed by atoms with E-state index in [9.17, 15) is 4.79 Å². The third-order valence-corrected chi connectivity index (χ3v) is 2.47. The normalized spacial score (nSPS) is 11.6. The van der Waals surface area contributed by atoms with Crippen LogP contribution in [0.25, 0.3) is 0 Å². The fourth-order valence-electron chi connectivity index (χ4n) is 1.30. The average molecular weight is 282 g/mol. The van der Waals surface area contributed by atoms with Crippen molar-refractivity contribution in [1.29, 1.82) is 5.26 Å². The highest BCUT2D eigenvalue weighted by Gasteiger charge is 2.16. The first-order valence-electron chi connectivity index (χ1n) is 4.95. The lowest BCUT2D eigenvalue weighted by molar-refractivity contribution is 0.0995. The highest BCUT2D eigenvalue weighted by Crippen LogP contribution is 2.20. The summed E-state index contributed by atoms with van der Waals surface area (Å²) in [7, 11) is 0. The molecule has 1 atom stereocenters. The van der Waals surface area contributed by atoms with Crippen molar-refractivity contribution in [2.45, 2.75) is 18.7 Å². The third kappa shape index (κ3) is 2.83. The van der Waals surface area contributed by atoms with Gasteiger partial charge in [-0.05, 0) is 32.0 Å². The standard InChI is InChI=1S/C12H12BrNO2/c1-3-16-10-5-4-9(7-14)11(6-10)12(15)8(2)13/h4-6,8H,3H2,1-2H3. The van der Waals surface area contributed by atoms with Gasteiger partial charge in [-0.3, -0.25) is 4.79 Å². The smallest absolute Gasteiger partial charge is 0.177 e. The summed E-state index contributed by atoms with van der Waals surface area (Å²) < 4.78 is 5.30. The summed E-state index contributed by atoms with van der Waals surface area (Å²) in [4.78, 5) is 11.5. The second-order valence-electron chi connectivity index (χ2n) is 3.23. The van der Waals surface area contributed by atoms with Crippen LogP contribution in [0.1, 0.15) is 29.8 Å². The van der Waals surface area contributed by atoms with Crippen molar-refractivity contribution in [2.75, 3.05) is 6.61 Å². The van der Waals surface area contributed by atoms with Crippen LogP contribution < -0.4 is 4.74 Å². The summed E-state index contributed by atoms with van der Waals surface area (Å²) in [5.41, 5.74) is 0.776. The first-order valence-corrected chi connectivity index (χ1v) is 5.87. The van der Waals surface area contributed by atoms with E-state index in [4.69, 9.17) is 10.00 Å². The zero-order valence-electron chi connectivity index (χ0n) is 9.16. The van der Waals surface area contributed by atoms with Gasteiger partial charge in [0.2, 0.25) is 0 Å². The molecule has 4 heteroatoms. The average Bonchev–Trinajstić information content (AvgIpc) is 2.28. The third-order valence-electron chi connectivity index (χ3n) is 2.05. The summed E-state index contributed by atoms with van der Waals surface area (Å²) in [6, 6.07) is 6.91. The van der Waals surface area contributed by atoms with Gasteiger partial charge in [-0.1, -0.05) is 15.9 Å². The molecule has 0 N–H and O–H groups in total. The van der Waals surface area contributed by atoms with Gasteiger partial charge in [0.25, 0.3) is 0 Å². The fourth-order valence-corrected chi connectivity index (χ4v) is 1.54. The molecule has 0 heterocycles. The molecule has 0 saturated heterocycles. The monoisotopic (exact) mass is 281 g/mol. The SMILES string of the molecule is CCOc1ccc(C#N)c(C(=O)C(C)Br)c1. The predicted molar refractivity (Wildman–Crippen MR) is 65.0 cm³/mol. The Kier molecular flexibility index (Phi) is 4.51. The second-order valence-corrected chi connectivity index (χ2v) is 4.61. The Balaban J connectivity index is 3.18. The molecule has 0 aliphatic carbocycles. The summed E-state index contributed by atoms with van der Waals surface area (Å²) in [5, 5.41) is 8.91. The van der Waals surface area contributed by atoms with E-state index < -0.39 is 0 Å². The quantitative estimate of drug-likeness (QED) is 0.630. The molecule has 3 nitrogen and oxygen atoms in total. The van der Waals surface area contributed by atoms with E-state index in [0.717, 1.165) is 0 Å². The number of halogens is 1. The Morgan fingerprint density at radius 3 is 2.81 bits per heavy atom. The molecule has 0 spiro atoms. The zero-order valence-corrected chi connectivity index (χ0v) is 10.7. The molecule has 0 aliphatic heterocycles. The fraction of sp³-hybridized carbons (Fsp3) is 0.333. The number of rotatable bonds is 4. The van der Waals surface area contributed by atoms with Crippen molar-refractivity contribution in [3.8, 4) is 11.8 Å². The number of ether oxygens (including phenoxy) is 1. The topological polar surface area (TPSA) is 50.1 Å². The van der Waals surface area contributed by atoms with Crippen molar-refractivity contribution in [1.82, 2.24) is 0 Å². The molecule has 0 amide bonds. The minimum Gasteiger partial charge on any atom is -0.494 e. The molecule has 84 valence electrons. The number of ketones is 1. The van der Waals surface area contributed by atoms with Crippen LogP contribution >= 0.6 is 15.9 Å². The summed E-state index contributed by atoms with van der Waals surface area (Å²) in [6.07, 6.45) is 0. The van der Waals surface area contributed by atoms with E-state index in [1.165, 1.54) is 0 Å². The maximum Gasteiger partial charge on any atom is 0.177 e. The van der Waals surface area contributed by atoms with Gasteiger partial charge < -0.3 is 4.74 Å². The van der Waals surface area contributed by atoms with Gasteiger partial charge in [0, 0.05) is 5.56 Å². The van der Waals surface area contributed by atoms with E-state index in [1.807, 2.05) is 13.0 Å². The van der Waals surface area contributed by atoms with Gasteiger partial charge in [0.05, 0.1) is 23.1 Å². The highest BCUT2D eigenvalue weighted by atomic mass is 79.9. The van der Waals surface area contributed by atoms with E-state index in [2.05, 4.69) is 15.9 Å². The Morgan fingerprint density at radius 1 is 1.62 bits per heavy atom. The van der Waals surface area contributed by atoms with Crippen molar-refractivity contribution >= 4 is 21.7 Å². The van der Waals surface area contributed by atoms with E-state index >= 15 is 0 Å². The lowest BCUT2D eigenvalue weighted by Gasteiger charge is -2.08. The minimum absolute atomic E-state index is 0.113. The van der Waals surface area contributed by atoms with Gasteiger partial charge in [0.1, 0.15) is 5.75 Å². The van der Waals surface area contributed by atoms with Gasteiger partial charge in [0.15, 0.2) is 5.78 Å². The van der Waals surface area contributed by atoms with Crippen LogP contribution in [0.2, 0.25) is 0 Å². The van der Waals surface area contributed by atoms with E-state index in [0.29, 0.717) is 23.5 Å². The molecular weight excluding hydrogens is 270 g/mol. The van der Waals surface area contributed by atoms with Crippen LogP contribution in [0, 0.1) is 11.3 Å². The Hall–Kier alpha value is -1.34. The number of carbonyl (C=O) groups is 1.